The third-order valence-corrected chi connectivity index (χ3v) is 4.53. The van der Waals surface area contributed by atoms with Crippen molar-refractivity contribution in [2.24, 2.45) is 0 Å². The average molecular weight is 324 g/mol. The van der Waals surface area contributed by atoms with Gasteiger partial charge in [-0.05, 0) is 55.2 Å². The number of urea groups is 1. The third-order valence-electron chi connectivity index (χ3n) is 4.53. The topological polar surface area (TPSA) is 78.4 Å². The number of benzene rings is 2. The standard InChI is InChI=1S/C19H20N2O3/c1-13(23)14-6-8-16(9-7-14)20-18(24)21-19(12-22)11-10-15-4-2-3-5-17(15)19/h2-9,22H,10-12H2,1H3,(H2,20,21,24). The molecular weight excluding hydrogens is 304 g/mol. The molecule has 0 bridgehead atoms. The Labute approximate surface area is 140 Å². The van der Waals surface area contributed by atoms with Gasteiger partial charge in [0.2, 0.25) is 0 Å². The highest BCUT2D eigenvalue weighted by Crippen LogP contribution is 2.36. The molecule has 5 nitrogen and oxygen atoms in total. The molecular formula is C19H20N2O3. The molecule has 3 rings (SSSR count). The number of nitrogens with one attached hydrogen (secondary N) is 2. The van der Waals surface area contributed by atoms with Crippen LogP contribution in [0.15, 0.2) is 48.5 Å². The lowest BCUT2D eigenvalue weighted by atomic mass is 9.93. The Morgan fingerprint density at radius 3 is 2.50 bits per heavy atom. The van der Waals surface area contributed by atoms with Crippen molar-refractivity contribution in [2.45, 2.75) is 25.3 Å². The van der Waals surface area contributed by atoms with Crippen molar-refractivity contribution in [3.8, 4) is 0 Å². The molecule has 1 aliphatic carbocycles. The van der Waals surface area contributed by atoms with Gasteiger partial charge in [0.25, 0.3) is 0 Å². The SMILES string of the molecule is CC(=O)c1ccc(NC(=O)NC2(CO)CCc3ccccc32)cc1. The first-order chi connectivity index (χ1) is 11.5. The van der Waals surface area contributed by atoms with Crippen molar-refractivity contribution in [1.29, 1.82) is 0 Å². The molecule has 124 valence electrons. The quantitative estimate of drug-likeness (QED) is 0.757. The lowest BCUT2D eigenvalue weighted by Crippen LogP contribution is -2.48. The minimum atomic E-state index is -0.750. The van der Waals surface area contributed by atoms with Crippen molar-refractivity contribution in [3.63, 3.8) is 0 Å². The van der Waals surface area contributed by atoms with Crippen molar-refractivity contribution >= 4 is 17.5 Å². The monoisotopic (exact) mass is 324 g/mol. The summed E-state index contributed by atoms with van der Waals surface area (Å²) in [6, 6.07) is 14.2. The smallest absolute Gasteiger partial charge is 0.320 e. The van der Waals surface area contributed by atoms with Gasteiger partial charge in [-0.25, -0.2) is 4.79 Å². The number of carbonyl (C=O) groups is 2. The Bertz CT molecular complexity index is 770. The number of rotatable bonds is 4. The van der Waals surface area contributed by atoms with Gasteiger partial charge in [0.05, 0.1) is 12.1 Å². The summed E-state index contributed by atoms with van der Waals surface area (Å²) in [7, 11) is 0. The van der Waals surface area contributed by atoms with Crippen LogP contribution in [0.5, 0.6) is 0 Å². The zero-order valence-corrected chi connectivity index (χ0v) is 13.5. The lowest BCUT2D eigenvalue weighted by Gasteiger charge is -2.29. The maximum absolute atomic E-state index is 12.4. The molecule has 2 aromatic carbocycles. The van der Waals surface area contributed by atoms with Crippen molar-refractivity contribution in [2.75, 3.05) is 11.9 Å². The van der Waals surface area contributed by atoms with Crippen LogP contribution in [0.25, 0.3) is 0 Å². The van der Waals surface area contributed by atoms with Gasteiger partial charge in [0.15, 0.2) is 5.78 Å². The number of anilines is 1. The molecule has 0 aliphatic heterocycles. The molecule has 0 saturated carbocycles. The number of amides is 2. The molecule has 0 spiro atoms. The second-order valence-electron chi connectivity index (χ2n) is 6.11. The fourth-order valence-corrected chi connectivity index (χ4v) is 3.19. The summed E-state index contributed by atoms with van der Waals surface area (Å²) in [4.78, 5) is 23.6. The van der Waals surface area contributed by atoms with Gasteiger partial charge >= 0.3 is 6.03 Å². The third kappa shape index (κ3) is 3.03. The number of aliphatic hydroxyl groups excluding tert-OH is 1. The first kappa shape index (κ1) is 16.2. The summed E-state index contributed by atoms with van der Waals surface area (Å²) >= 11 is 0. The number of Topliss-reactive ketones (excluding diaryl/α,β-unsaturated/α-hetero) is 1. The fourth-order valence-electron chi connectivity index (χ4n) is 3.19. The minimum Gasteiger partial charge on any atom is -0.394 e. The molecule has 3 N–H and O–H groups in total. The molecule has 0 radical (unpaired) electrons. The van der Waals surface area contributed by atoms with Crippen LogP contribution in [0.4, 0.5) is 10.5 Å². The molecule has 0 fully saturated rings. The van der Waals surface area contributed by atoms with E-state index in [1.807, 2.05) is 24.3 Å². The summed E-state index contributed by atoms with van der Waals surface area (Å²) in [5.41, 5.74) is 2.56. The highest BCUT2D eigenvalue weighted by molar-refractivity contribution is 5.95. The second kappa shape index (κ2) is 6.45. The number of carbonyl (C=O) groups excluding carboxylic acids is 2. The first-order valence-corrected chi connectivity index (χ1v) is 7.93. The van der Waals surface area contributed by atoms with E-state index in [0.29, 0.717) is 17.7 Å². The predicted molar refractivity (Wildman–Crippen MR) is 92.1 cm³/mol. The van der Waals surface area contributed by atoms with E-state index in [1.165, 1.54) is 6.92 Å². The molecule has 1 atom stereocenters. The van der Waals surface area contributed by atoms with E-state index in [-0.39, 0.29) is 18.4 Å². The summed E-state index contributed by atoms with van der Waals surface area (Å²) in [6.07, 6.45) is 1.49. The largest absolute Gasteiger partial charge is 0.394 e. The normalized spacial score (nSPS) is 18.8. The van der Waals surface area contributed by atoms with Crippen molar-refractivity contribution < 1.29 is 14.7 Å². The molecule has 1 unspecified atom stereocenters. The Hall–Kier alpha value is -2.66. The number of aryl methyl sites for hydroxylation is 1. The molecule has 5 heteroatoms. The Kier molecular flexibility index (Phi) is 4.36. The first-order valence-electron chi connectivity index (χ1n) is 7.93. The van der Waals surface area contributed by atoms with Crippen LogP contribution in [0.2, 0.25) is 0 Å². The zero-order chi connectivity index (χ0) is 17.2. The summed E-state index contributed by atoms with van der Waals surface area (Å²) in [6.45, 7) is 1.35. The number of aliphatic hydroxyl groups is 1. The van der Waals surface area contributed by atoms with Crippen LogP contribution in [-0.2, 0) is 12.0 Å². The van der Waals surface area contributed by atoms with Crippen molar-refractivity contribution in [1.82, 2.24) is 5.32 Å². The van der Waals surface area contributed by atoms with Crippen molar-refractivity contribution in [3.05, 3.63) is 65.2 Å². The van der Waals surface area contributed by atoms with E-state index in [2.05, 4.69) is 10.6 Å². The molecule has 0 heterocycles. The van der Waals surface area contributed by atoms with E-state index < -0.39 is 5.54 Å². The van der Waals surface area contributed by atoms with Gasteiger partial charge in [0.1, 0.15) is 0 Å². The minimum absolute atomic E-state index is 0.0206. The molecule has 0 saturated heterocycles. The van der Waals surface area contributed by atoms with Crippen LogP contribution in [0, 0.1) is 0 Å². The highest BCUT2D eigenvalue weighted by atomic mass is 16.3. The molecule has 1 aliphatic rings. The Morgan fingerprint density at radius 1 is 1.12 bits per heavy atom. The molecule has 2 amide bonds. The van der Waals surface area contributed by atoms with Gasteiger partial charge in [-0.1, -0.05) is 24.3 Å². The van der Waals surface area contributed by atoms with Crippen LogP contribution >= 0.6 is 0 Å². The molecule has 0 aromatic heterocycles. The number of hydrogen-bond donors (Lipinski definition) is 3. The Morgan fingerprint density at radius 2 is 1.83 bits per heavy atom. The van der Waals surface area contributed by atoms with Gasteiger partial charge in [-0.3, -0.25) is 4.79 Å². The van der Waals surface area contributed by atoms with Crippen LogP contribution in [-0.4, -0.2) is 23.5 Å². The number of hydrogen-bond acceptors (Lipinski definition) is 3. The lowest BCUT2D eigenvalue weighted by molar-refractivity contribution is 0.101. The van der Waals surface area contributed by atoms with Crippen LogP contribution < -0.4 is 10.6 Å². The van der Waals surface area contributed by atoms with E-state index in [4.69, 9.17) is 0 Å². The molecule has 24 heavy (non-hydrogen) atoms. The average Bonchev–Trinajstić information content (AvgIpc) is 2.94. The highest BCUT2D eigenvalue weighted by Gasteiger charge is 2.39. The van der Waals surface area contributed by atoms with E-state index in [9.17, 15) is 14.7 Å². The van der Waals surface area contributed by atoms with Gasteiger partial charge in [-0.2, -0.15) is 0 Å². The maximum Gasteiger partial charge on any atom is 0.320 e. The van der Waals surface area contributed by atoms with E-state index >= 15 is 0 Å². The molecule has 2 aromatic rings. The summed E-state index contributed by atoms with van der Waals surface area (Å²) in [5, 5.41) is 15.6. The summed E-state index contributed by atoms with van der Waals surface area (Å²) in [5.74, 6) is -0.0206. The second-order valence-corrected chi connectivity index (χ2v) is 6.11. The van der Waals surface area contributed by atoms with Gasteiger partial charge in [0, 0.05) is 11.3 Å². The summed E-state index contributed by atoms with van der Waals surface area (Å²) < 4.78 is 0. The van der Waals surface area contributed by atoms with Gasteiger partial charge in [-0.15, -0.1) is 0 Å². The Balaban J connectivity index is 1.73. The van der Waals surface area contributed by atoms with Gasteiger partial charge < -0.3 is 15.7 Å². The van der Waals surface area contributed by atoms with Crippen LogP contribution in [0.1, 0.15) is 34.8 Å². The fraction of sp³-hybridized carbons (Fsp3) is 0.263. The zero-order valence-electron chi connectivity index (χ0n) is 13.5. The van der Waals surface area contributed by atoms with E-state index in [1.54, 1.807) is 24.3 Å². The number of fused-ring (bicyclic) bond motifs is 1. The number of ketones is 1. The maximum atomic E-state index is 12.4. The predicted octanol–water partition coefficient (Wildman–Crippen LogP) is 2.84. The van der Waals surface area contributed by atoms with E-state index in [0.717, 1.165) is 17.5 Å². The van der Waals surface area contributed by atoms with Crippen LogP contribution in [0.3, 0.4) is 0 Å².